The minimum atomic E-state index is 0. The summed E-state index contributed by atoms with van der Waals surface area (Å²) in [6.07, 6.45) is 0.667. The Balaban J connectivity index is 0. The first-order valence-corrected chi connectivity index (χ1v) is 8.67. The molecule has 0 aliphatic heterocycles. The molecule has 3 nitrogen and oxygen atoms in total. The van der Waals surface area contributed by atoms with E-state index in [1.54, 1.807) is 13.8 Å². The minimum absolute atomic E-state index is 0. The van der Waals surface area contributed by atoms with E-state index in [4.69, 9.17) is 0 Å². The Morgan fingerprint density at radius 1 is 0.808 bits per heavy atom. The molecule has 2 rings (SSSR count). The Morgan fingerprint density at radius 3 is 1.50 bits per heavy atom. The highest BCUT2D eigenvalue weighted by atomic mass is 16.1. The number of nitrogens with one attached hydrogen (secondary N) is 1. The van der Waals surface area contributed by atoms with Gasteiger partial charge in [0.2, 0.25) is 0 Å². The molecule has 144 valence electrons. The van der Waals surface area contributed by atoms with Crippen LogP contribution in [0, 0.1) is 13.8 Å². The van der Waals surface area contributed by atoms with Gasteiger partial charge < -0.3 is 10.1 Å². The quantitative estimate of drug-likeness (QED) is 0.658. The van der Waals surface area contributed by atoms with Crippen molar-refractivity contribution in [3.8, 4) is 0 Å². The molecule has 26 heavy (non-hydrogen) atoms. The van der Waals surface area contributed by atoms with Crippen LogP contribution in [-0.4, -0.2) is 18.1 Å². The highest BCUT2D eigenvalue weighted by Crippen LogP contribution is 2.07. The lowest BCUT2D eigenvalue weighted by Gasteiger charge is -2.01. The molecule has 0 amide bonds. The standard InChI is InChI=1S/C9H13N.C9H10O.C4H8O.CH4/c1-3-10-9-6-4-8(2)5-7-9;1-7-3-5-9(6-4-7)8(2)10;1-3-4(2)5;/h4-7,10H,3H2,1-2H3;3-6H,1-2H3;3H2,1-2H3;1H4. The van der Waals surface area contributed by atoms with Crippen LogP contribution in [0.2, 0.25) is 0 Å². The van der Waals surface area contributed by atoms with Gasteiger partial charge in [-0.15, -0.1) is 0 Å². The van der Waals surface area contributed by atoms with Crippen molar-refractivity contribution in [3.05, 3.63) is 65.2 Å². The third-order valence-corrected chi connectivity index (χ3v) is 3.39. The van der Waals surface area contributed by atoms with E-state index in [1.165, 1.54) is 16.8 Å². The normalized spacial score (nSPS) is 8.69. The maximum Gasteiger partial charge on any atom is 0.159 e. The molecule has 0 aromatic heterocycles. The number of ketones is 2. The summed E-state index contributed by atoms with van der Waals surface area (Å²) < 4.78 is 0. The van der Waals surface area contributed by atoms with Gasteiger partial charge in [-0.2, -0.15) is 0 Å². The first-order valence-electron chi connectivity index (χ1n) is 8.67. The summed E-state index contributed by atoms with van der Waals surface area (Å²) in [5.74, 6) is 0.380. The molecular weight excluding hydrogens is 322 g/mol. The van der Waals surface area contributed by atoms with Gasteiger partial charge in [-0.3, -0.25) is 4.79 Å². The van der Waals surface area contributed by atoms with E-state index in [0.29, 0.717) is 6.42 Å². The van der Waals surface area contributed by atoms with Gasteiger partial charge in [-0.05, 0) is 46.8 Å². The van der Waals surface area contributed by atoms with Crippen molar-refractivity contribution < 1.29 is 9.59 Å². The highest BCUT2D eigenvalue weighted by Gasteiger charge is 1.95. The van der Waals surface area contributed by atoms with Crippen LogP contribution in [0.15, 0.2) is 48.5 Å². The Hall–Kier alpha value is -2.42. The SMILES string of the molecule is C.CC(=O)c1ccc(C)cc1.CCC(C)=O.CCNc1ccc(C)cc1. The summed E-state index contributed by atoms with van der Waals surface area (Å²) >= 11 is 0. The Morgan fingerprint density at radius 2 is 1.19 bits per heavy atom. The Labute approximate surface area is 159 Å². The second-order valence-electron chi connectivity index (χ2n) is 5.87. The van der Waals surface area contributed by atoms with Crippen molar-refractivity contribution in [1.82, 2.24) is 0 Å². The number of hydrogen-bond donors (Lipinski definition) is 1. The van der Waals surface area contributed by atoms with E-state index in [0.717, 1.165) is 12.1 Å². The first-order chi connectivity index (χ1) is 11.8. The van der Waals surface area contributed by atoms with Crippen LogP contribution < -0.4 is 5.32 Å². The number of anilines is 1. The predicted molar refractivity (Wildman–Crippen MR) is 114 cm³/mol. The average Bonchev–Trinajstić information content (AvgIpc) is 2.58. The van der Waals surface area contributed by atoms with Crippen LogP contribution in [0.5, 0.6) is 0 Å². The van der Waals surface area contributed by atoms with Gasteiger partial charge >= 0.3 is 0 Å². The minimum Gasteiger partial charge on any atom is -0.385 e. The maximum absolute atomic E-state index is 10.8. The summed E-state index contributed by atoms with van der Waals surface area (Å²) in [6.45, 7) is 12.2. The number of aryl methyl sites for hydroxylation is 2. The van der Waals surface area contributed by atoms with Gasteiger partial charge in [0, 0.05) is 24.2 Å². The predicted octanol–water partition coefficient (Wildman–Crippen LogP) is 6.25. The largest absolute Gasteiger partial charge is 0.385 e. The third-order valence-electron chi connectivity index (χ3n) is 3.39. The second-order valence-corrected chi connectivity index (χ2v) is 5.87. The summed E-state index contributed by atoms with van der Waals surface area (Å²) in [6, 6.07) is 16.0. The topological polar surface area (TPSA) is 46.2 Å². The summed E-state index contributed by atoms with van der Waals surface area (Å²) in [5, 5.41) is 3.23. The van der Waals surface area contributed by atoms with Gasteiger partial charge in [-0.25, -0.2) is 0 Å². The smallest absolute Gasteiger partial charge is 0.159 e. The second kappa shape index (κ2) is 14.9. The number of Topliss-reactive ketones (excluding diaryl/α,β-unsaturated/α-hetero) is 2. The van der Waals surface area contributed by atoms with E-state index in [9.17, 15) is 9.59 Å². The third kappa shape index (κ3) is 12.9. The Kier molecular flexibility index (Phi) is 14.8. The zero-order valence-electron chi connectivity index (χ0n) is 16.3. The lowest BCUT2D eigenvalue weighted by atomic mass is 10.1. The van der Waals surface area contributed by atoms with Crippen LogP contribution in [0.1, 0.15) is 63.0 Å². The lowest BCUT2D eigenvalue weighted by molar-refractivity contribution is -0.116. The molecule has 0 radical (unpaired) electrons. The zero-order valence-corrected chi connectivity index (χ0v) is 16.3. The molecule has 3 heteroatoms. The fourth-order valence-electron chi connectivity index (χ4n) is 1.66. The fourth-order valence-corrected chi connectivity index (χ4v) is 1.66. The van der Waals surface area contributed by atoms with Gasteiger partial charge in [0.1, 0.15) is 5.78 Å². The molecule has 0 saturated heterocycles. The van der Waals surface area contributed by atoms with Gasteiger partial charge in [0.25, 0.3) is 0 Å². The maximum atomic E-state index is 10.8. The van der Waals surface area contributed by atoms with Gasteiger partial charge in [0.15, 0.2) is 5.78 Å². The summed E-state index contributed by atoms with van der Waals surface area (Å²) in [5.41, 5.74) is 4.48. The molecule has 0 aliphatic rings. The molecular formula is C23H35NO2. The van der Waals surface area contributed by atoms with E-state index in [2.05, 4.69) is 43.4 Å². The number of benzene rings is 2. The molecule has 0 unspecified atom stereocenters. The molecule has 0 spiro atoms. The molecule has 2 aromatic rings. The molecule has 0 fully saturated rings. The molecule has 0 aliphatic carbocycles. The summed E-state index contributed by atoms with van der Waals surface area (Å²) in [4.78, 5) is 20.6. The van der Waals surface area contributed by atoms with Crippen molar-refractivity contribution in [2.45, 2.75) is 55.4 Å². The molecule has 2 aromatic carbocycles. The van der Waals surface area contributed by atoms with Gasteiger partial charge in [-0.1, -0.05) is 61.9 Å². The molecule has 0 atom stereocenters. The van der Waals surface area contributed by atoms with Crippen LogP contribution in [0.4, 0.5) is 5.69 Å². The van der Waals surface area contributed by atoms with Crippen molar-refractivity contribution in [2.75, 3.05) is 11.9 Å². The van der Waals surface area contributed by atoms with Crippen molar-refractivity contribution in [1.29, 1.82) is 0 Å². The molecule has 1 N–H and O–H groups in total. The van der Waals surface area contributed by atoms with Crippen molar-refractivity contribution in [3.63, 3.8) is 0 Å². The monoisotopic (exact) mass is 357 g/mol. The van der Waals surface area contributed by atoms with E-state index < -0.39 is 0 Å². The van der Waals surface area contributed by atoms with Crippen LogP contribution in [-0.2, 0) is 4.79 Å². The number of rotatable bonds is 4. The van der Waals surface area contributed by atoms with Crippen LogP contribution >= 0.6 is 0 Å². The molecule has 0 saturated carbocycles. The van der Waals surface area contributed by atoms with Crippen molar-refractivity contribution >= 4 is 17.3 Å². The number of carbonyl (C=O) groups excluding carboxylic acids is 2. The summed E-state index contributed by atoms with van der Waals surface area (Å²) in [7, 11) is 0. The first kappa shape index (κ1) is 25.8. The highest BCUT2D eigenvalue weighted by molar-refractivity contribution is 5.93. The Bertz CT molecular complexity index is 628. The van der Waals surface area contributed by atoms with E-state index in [1.807, 2.05) is 38.1 Å². The average molecular weight is 358 g/mol. The number of hydrogen-bond acceptors (Lipinski definition) is 3. The number of carbonyl (C=O) groups is 2. The molecule has 0 bridgehead atoms. The van der Waals surface area contributed by atoms with Crippen LogP contribution in [0.25, 0.3) is 0 Å². The fraction of sp³-hybridized carbons (Fsp3) is 0.391. The molecule has 0 heterocycles. The lowest BCUT2D eigenvalue weighted by Crippen LogP contribution is -1.95. The van der Waals surface area contributed by atoms with Gasteiger partial charge in [0.05, 0.1) is 0 Å². The van der Waals surface area contributed by atoms with Crippen LogP contribution in [0.3, 0.4) is 0 Å². The van der Waals surface area contributed by atoms with E-state index in [-0.39, 0.29) is 19.0 Å². The van der Waals surface area contributed by atoms with E-state index >= 15 is 0 Å². The zero-order chi connectivity index (χ0) is 19.2. The van der Waals surface area contributed by atoms with Crippen molar-refractivity contribution in [2.24, 2.45) is 0 Å².